The van der Waals surface area contributed by atoms with Crippen LogP contribution in [0, 0.1) is 5.82 Å². The second-order valence-electron chi connectivity index (χ2n) is 7.03. The van der Waals surface area contributed by atoms with Gasteiger partial charge < -0.3 is 10.0 Å². The van der Waals surface area contributed by atoms with E-state index >= 15 is 0 Å². The molecule has 2 aromatic carbocycles. The zero-order chi connectivity index (χ0) is 19.5. The van der Waals surface area contributed by atoms with Gasteiger partial charge in [0.25, 0.3) is 0 Å². The highest BCUT2D eigenvalue weighted by atomic mass is 19.1. The molecule has 0 spiro atoms. The average Bonchev–Trinajstić information content (AvgIpc) is 3.30. The first-order chi connectivity index (χ1) is 13.7. The molecule has 0 radical (unpaired) electrons. The van der Waals surface area contributed by atoms with E-state index in [0.717, 1.165) is 22.4 Å². The molecule has 1 N–H and O–H groups in total. The Morgan fingerprint density at radius 3 is 2.50 bits per heavy atom. The van der Waals surface area contributed by atoms with Crippen LogP contribution in [0.3, 0.4) is 0 Å². The van der Waals surface area contributed by atoms with E-state index in [0.29, 0.717) is 26.1 Å². The standard InChI is InChI=1S/C22H22FN3O2/c23-19-8-6-17(7-9-19)20(16-4-2-1-3-5-16)12-22(28)25-14-18-13-24-26(10-11-27)21(18)15-25/h1-9,13,20,27H,10-12,14-15H2. The van der Waals surface area contributed by atoms with Crippen molar-refractivity contribution in [1.29, 1.82) is 0 Å². The first-order valence-corrected chi connectivity index (χ1v) is 9.38. The lowest BCUT2D eigenvalue weighted by molar-refractivity contribution is -0.132. The summed E-state index contributed by atoms with van der Waals surface area (Å²) in [6, 6.07) is 16.2. The van der Waals surface area contributed by atoms with Crippen LogP contribution < -0.4 is 0 Å². The Kier molecular flexibility index (Phi) is 5.21. The van der Waals surface area contributed by atoms with Crippen LogP contribution in [0.5, 0.6) is 0 Å². The van der Waals surface area contributed by atoms with Gasteiger partial charge in [-0.1, -0.05) is 42.5 Å². The molecule has 0 aliphatic carbocycles. The van der Waals surface area contributed by atoms with Crippen LogP contribution in [0.15, 0.2) is 60.8 Å². The van der Waals surface area contributed by atoms with E-state index in [1.807, 2.05) is 35.2 Å². The third-order valence-electron chi connectivity index (χ3n) is 5.25. The fourth-order valence-corrected chi connectivity index (χ4v) is 3.78. The lowest BCUT2D eigenvalue weighted by Crippen LogP contribution is -2.28. The summed E-state index contributed by atoms with van der Waals surface area (Å²) in [5.41, 5.74) is 3.97. The molecular weight excluding hydrogens is 357 g/mol. The number of halogens is 1. The van der Waals surface area contributed by atoms with Crippen LogP contribution in [-0.4, -0.2) is 32.3 Å². The van der Waals surface area contributed by atoms with Crippen LogP contribution in [-0.2, 0) is 24.4 Å². The van der Waals surface area contributed by atoms with Crippen molar-refractivity contribution < 1.29 is 14.3 Å². The smallest absolute Gasteiger partial charge is 0.224 e. The molecule has 2 heterocycles. The monoisotopic (exact) mass is 379 g/mol. The lowest BCUT2D eigenvalue weighted by atomic mass is 9.88. The number of rotatable bonds is 6. The van der Waals surface area contributed by atoms with Gasteiger partial charge in [0.15, 0.2) is 0 Å². The van der Waals surface area contributed by atoms with E-state index in [9.17, 15) is 9.18 Å². The van der Waals surface area contributed by atoms with E-state index < -0.39 is 0 Å². The number of carbonyl (C=O) groups is 1. The van der Waals surface area contributed by atoms with Gasteiger partial charge in [-0.2, -0.15) is 5.10 Å². The summed E-state index contributed by atoms with van der Waals surface area (Å²) in [5, 5.41) is 13.4. The minimum Gasteiger partial charge on any atom is -0.394 e. The number of aliphatic hydroxyl groups excluding tert-OH is 1. The van der Waals surface area contributed by atoms with E-state index in [1.54, 1.807) is 23.0 Å². The second-order valence-corrected chi connectivity index (χ2v) is 7.03. The maximum atomic E-state index is 13.4. The van der Waals surface area contributed by atoms with Crippen LogP contribution in [0.4, 0.5) is 4.39 Å². The summed E-state index contributed by atoms with van der Waals surface area (Å²) < 4.78 is 15.1. The van der Waals surface area contributed by atoms with E-state index in [1.165, 1.54) is 12.1 Å². The molecular formula is C22H22FN3O2. The third kappa shape index (κ3) is 3.68. The van der Waals surface area contributed by atoms with Crippen molar-refractivity contribution in [2.45, 2.75) is 32.0 Å². The van der Waals surface area contributed by atoms with E-state index in [4.69, 9.17) is 5.11 Å². The highest BCUT2D eigenvalue weighted by Gasteiger charge is 2.29. The maximum Gasteiger partial charge on any atom is 0.224 e. The minimum atomic E-state index is -0.287. The van der Waals surface area contributed by atoms with Crippen molar-refractivity contribution >= 4 is 5.91 Å². The van der Waals surface area contributed by atoms with Gasteiger partial charge in [0.2, 0.25) is 5.91 Å². The molecule has 0 saturated heterocycles. The topological polar surface area (TPSA) is 58.4 Å². The molecule has 1 amide bonds. The van der Waals surface area contributed by atoms with Crippen molar-refractivity contribution in [3.05, 3.63) is 89.0 Å². The first kappa shape index (κ1) is 18.4. The van der Waals surface area contributed by atoms with Crippen molar-refractivity contribution in [1.82, 2.24) is 14.7 Å². The fourth-order valence-electron chi connectivity index (χ4n) is 3.78. The number of benzene rings is 2. The fraction of sp³-hybridized carbons (Fsp3) is 0.273. The van der Waals surface area contributed by atoms with Crippen molar-refractivity contribution in [3.8, 4) is 0 Å². The summed E-state index contributed by atoms with van der Waals surface area (Å²) in [4.78, 5) is 14.9. The molecule has 4 rings (SSSR count). The number of aromatic nitrogens is 2. The number of hydrogen-bond acceptors (Lipinski definition) is 3. The van der Waals surface area contributed by atoms with Crippen molar-refractivity contribution in [2.75, 3.05) is 6.61 Å². The molecule has 1 aliphatic heterocycles. The van der Waals surface area contributed by atoms with Gasteiger partial charge in [0, 0.05) is 24.4 Å². The summed E-state index contributed by atoms with van der Waals surface area (Å²) in [7, 11) is 0. The maximum absolute atomic E-state index is 13.4. The summed E-state index contributed by atoms with van der Waals surface area (Å²) in [5.74, 6) is -0.373. The molecule has 144 valence electrons. The predicted octanol–water partition coefficient (Wildman–Crippen LogP) is 3.08. The molecule has 0 saturated carbocycles. The first-order valence-electron chi connectivity index (χ1n) is 9.38. The van der Waals surface area contributed by atoms with Gasteiger partial charge in [-0.15, -0.1) is 0 Å². The van der Waals surface area contributed by atoms with Gasteiger partial charge in [0.1, 0.15) is 5.82 Å². The second kappa shape index (κ2) is 7.94. The normalized spacial score (nSPS) is 14.1. The predicted molar refractivity (Wildman–Crippen MR) is 103 cm³/mol. The quantitative estimate of drug-likeness (QED) is 0.716. The summed E-state index contributed by atoms with van der Waals surface area (Å²) >= 11 is 0. The van der Waals surface area contributed by atoms with Gasteiger partial charge in [-0.25, -0.2) is 4.39 Å². The molecule has 1 atom stereocenters. The zero-order valence-corrected chi connectivity index (χ0v) is 15.5. The van der Waals surface area contributed by atoms with E-state index in [2.05, 4.69) is 5.10 Å². The minimum absolute atomic E-state index is 0.0166. The molecule has 3 aromatic rings. The highest BCUT2D eigenvalue weighted by Crippen LogP contribution is 2.31. The number of nitrogens with zero attached hydrogens (tertiary/aromatic N) is 3. The molecule has 28 heavy (non-hydrogen) atoms. The van der Waals surface area contributed by atoms with Crippen LogP contribution >= 0.6 is 0 Å². The molecule has 0 fully saturated rings. The summed E-state index contributed by atoms with van der Waals surface area (Å²) in [6.07, 6.45) is 2.08. The van der Waals surface area contributed by atoms with Crippen LogP contribution in [0.25, 0.3) is 0 Å². The Bertz CT molecular complexity index is 954. The Morgan fingerprint density at radius 1 is 1.07 bits per heavy atom. The van der Waals surface area contributed by atoms with Crippen molar-refractivity contribution in [2.24, 2.45) is 0 Å². The van der Waals surface area contributed by atoms with Gasteiger partial charge >= 0.3 is 0 Å². The Hall–Kier alpha value is -2.99. The summed E-state index contributed by atoms with van der Waals surface area (Å²) in [6.45, 7) is 1.48. The number of fused-ring (bicyclic) bond motifs is 1. The van der Waals surface area contributed by atoms with Crippen LogP contribution in [0.2, 0.25) is 0 Å². The van der Waals surface area contributed by atoms with Crippen LogP contribution in [0.1, 0.15) is 34.7 Å². The molecule has 1 aliphatic rings. The largest absolute Gasteiger partial charge is 0.394 e. The Morgan fingerprint density at radius 2 is 1.79 bits per heavy atom. The SMILES string of the molecule is O=C(CC(c1ccccc1)c1ccc(F)cc1)N1Cc2cnn(CCO)c2C1. The van der Waals surface area contributed by atoms with E-state index in [-0.39, 0.29) is 24.2 Å². The Balaban J connectivity index is 1.54. The van der Waals surface area contributed by atoms with Gasteiger partial charge in [0.05, 0.1) is 31.6 Å². The highest BCUT2D eigenvalue weighted by molar-refractivity contribution is 5.78. The molecule has 5 nitrogen and oxygen atoms in total. The average molecular weight is 379 g/mol. The molecule has 6 heteroatoms. The zero-order valence-electron chi connectivity index (χ0n) is 15.5. The van der Waals surface area contributed by atoms with Gasteiger partial charge in [-0.05, 0) is 23.3 Å². The van der Waals surface area contributed by atoms with Crippen molar-refractivity contribution in [3.63, 3.8) is 0 Å². The number of carbonyl (C=O) groups excluding carboxylic acids is 1. The molecule has 1 aromatic heterocycles. The molecule has 1 unspecified atom stereocenters. The number of aliphatic hydroxyl groups is 1. The number of hydrogen-bond donors (Lipinski definition) is 1. The Labute approximate surface area is 163 Å². The molecule has 0 bridgehead atoms. The third-order valence-corrected chi connectivity index (χ3v) is 5.25. The lowest BCUT2D eigenvalue weighted by Gasteiger charge is -2.22. The number of amides is 1. The van der Waals surface area contributed by atoms with Gasteiger partial charge in [-0.3, -0.25) is 9.48 Å².